The highest BCUT2D eigenvalue weighted by Gasteiger charge is 2.13. The van der Waals surface area contributed by atoms with Crippen LogP contribution in [0.2, 0.25) is 0 Å². The van der Waals surface area contributed by atoms with Gasteiger partial charge in [0.2, 0.25) is 0 Å². The third-order valence-electron chi connectivity index (χ3n) is 3.98. The van der Waals surface area contributed by atoms with Crippen molar-refractivity contribution in [3.8, 4) is 11.8 Å². The molecular formula is C21H17I2N3O3. The normalized spacial score (nSPS) is 11.3. The highest BCUT2D eigenvalue weighted by molar-refractivity contribution is 14.1. The van der Waals surface area contributed by atoms with E-state index in [1.807, 2.05) is 37.3 Å². The Labute approximate surface area is 195 Å². The van der Waals surface area contributed by atoms with Gasteiger partial charge in [0.05, 0.1) is 30.4 Å². The van der Waals surface area contributed by atoms with Gasteiger partial charge in [0, 0.05) is 0 Å². The zero-order valence-electron chi connectivity index (χ0n) is 15.8. The Balaban J connectivity index is 1.89. The first-order valence-corrected chi connectivity index (χ1v) is 10.9. The lowest BCUT2D eigenvalue weighted by Crippen LogP contribution is -2.15. The van der Waals surface area contributed by atoms with Gasteiger partial charge in [0.25, 0.3) is 0 Å². The number of carbonyl (C=O) groups excluding carboxylic acids is 1. The number of allylic oxidation sites excluding steroid dienone is 1. The van der Waals surface area contributed by atoms with E-state index in [1.165, 1.54) is 0 Å². The average Bonchev–Trinajstić information content (AvgIpc) is 3.08. The average molecular weight is 613 g/mol. The molecule has 0 radical (unpaired) electrons. The maximum Gasteiger partial charge on any atom is 0.344 e. The molecule has 6 nitrogen and oxygen atoms in total. The zero-order valence-corrected chi connectivity index (χ0v) is 20.1. The fourth-order valence-electron chi connectivity index (χ4n) is 2.71. The quantitative estimate of drug-likeness (QED) is 0.238. The molecule has 0 aliphatic heterocycles. The zero-order chi connectivity index (χ0) is 21.0. The first kappa shape index (κ1) is 21.6. The van der Waals surface area contributed by atoms with Gasteiger partial charge >= 0.3 is 5.97 Å². The number of aromatic amines is 1. The molecule has 2 aromatic carbocycles. The summed E-state index contributed by atoms with van der Waals surface area (Å²) in [6.45, 7) is 3.94. The van der Waals surface area contributed by atoms with Crippen molar-refractivity contribution in [2.75, 3.05) is 13.2 Å². The summed E-state index contributed by atoms with van der Waals surface area (Å²) in [5.74, 6) is 0.741. The number of fused-ring (bicyclic) bond motifs is 1. The van der Waals surface area contributed by atoms with E-state index in [0.717, 1.165) is 29.3 Å². The molecule has 0 aliphatic rings. The molecule has 0 bridgehead atoms. The highest BCUT2D eigenvalue weighted by Crippen LogP contribution is 2.30. The number of aryl methyl sites for hydroxylation is 1. The van der Waals surface area contributed by atoms with Crippen LogP contribution >= 0.6 is 45.2 Å². The third-order valence-corrected chi connectivity index (χ3v) is 5.59. The van der Waals surface area contributed by atoms with E-state index in [9.17, 15) is 10.1 Å². The summed E-state index contributed by atoms with van der Waals surface area (Å²) < 4.78 is 12.2. The number of halogens is 2. The van der Waals surface area contributed by atoms with Crippen molar-refractivity contribution in [3.63, 3.8) is 0 Å². The number of carbonyl (C=O) groups is 1. The van der Waals surface area contributed by atoms with Crippen LogP contribution in [0.1, 0.15) is 23.9 Å². The van der Waals surface area contributed by atoms with Gasteiger partial charge in [0.15, 0.2) is 6.61 Å². The smallest absolute Gasteiger partial charge is 0.344 e. The molecule has 3 aromatic rings. The molecule has 0 fully saturated rings. The van der Waals surface area contributed by atoms with Crippen molar-refractivity contribution in [1.82, 2.24) is 9.97 Å². The van der Waals surface area contributed by atoms with Gasteiger partial charge in [-0.15, -0.1) is 0 Å². The van der Waals surface area contributed by atoms with Crippen LogP contribution in [0.25, 0.3) is 22.7 Å². The molecule has 0 aliphatic carbocycles. The molecule has 0 saturated carbocycles. The Hall–Kier alpha value is -2.13. The fraction of sp³-hybridized carbons (Fsp3) is 0.190. The summed E-state index contributed by atoms with van der Waals surface area (Å²) in [7, 11) is 0. The van der Waals surface area contributed by atoms with Crippen molar-refractivity contribution < 1.29 is 14.3 Å². The van der Waals surface area contributed by atoms with Crippen molar-refractivity contribution in [2.45, 2.75) is 13.8 Å². The Bertz CT molecular complexity index is 1120. The van der Waals surface area contributed by atoms with Gasteiger partial charge < -0.3 is 14.5 Å². The van der Waals surface area contributed by atoms with E-state index in [-0.39, 0.29) is 6.61 Å². The lowest BCUT2D eigenvalue weighted by molar-refractivity contribution is -0.145. The SMILES string of the molecule is CCOC(=O)COc1c(I)cc(/C=C(/C#N)c2nc3ccc(C)cc3[nH]2)cc1I. The summed E-state index contributed by atoms with van der Waals surface area (Å²) >= 11 is 4.30. The van der Waals surface area contributed by atoms with Gasteiger partial charge in [-0.1, -0.05) is 6.07 Å². The van der Waals surface area contributed by atoms with Gasteiger partial charge in [0.1, 0.15) is 17.6 Å². The summed E-state index contributed by atoms with van der Waals surface area (Å²) in [5, 5.41) is 9.65. The third kappa shape index (κ3) is 5.27. The molecule has 0 saturated heterocycles. The number of H-pyrrole nitrogens is 1. The monoisotopic (exact) mass is 613 g/mol. The van der Waals surface area contributed by atoms with Crippen LogP contribution in [0.4, 0.5) is 0 Å². The van der Waals surface area contributed by atoms with E-state index >= 15 is 0 Å². The van der Waals surface area contributed by atoms with Crippen LogP contribution < -0.4 is 4.74 Å². The number of imidazole rings is 1. The molecule has 0 spiro atoms. The number of hydrogen-bond acceptors (Lipinski definition) is 5. The maximum absolute atomic E-state index is 11.5. The number of nitrogens with zero attached hydrogens (tertiary/aromatic N) is 2. The predicted molar refractivity (Wildman–Crippen MR) is 128 cm³/mol. The summed E-state index contributed by atoms with van der Waals surface area (Å²) in [4.78, 5) is 19.3. The fourth-order valence-corrected chi connectivity index (χ4v) is 4.83. The second-order valence-electron chi connectivity index (χ2n) is 6.18. The summed E-state index contributed by atoms with van der Waals surface area (Å²) in [6.07, 6.45) is 1.78. The van der Waals surface area contributed by atoms with Crippen LogP contribution in [0.3, 0.4) is 0 Å². The Morgan fingerprint density at radius 2 is 2.00 bits per heavy atom. The summed E-state index contributed by atoms with van der Waals surface area (Å²) in [5.41, 5.74) is 4.12. The van der Waals surface area contributed by atoms with Crippen LogP contribution in [0.15, 0.2) is 30.3 Å². The van der Waals surface area contributed by atoms with Gasteiger partial charge in [-0.05, 0) is 100 Å². The van der Waals surface area contributed by atoms with E-state index in [1.54, 1.807) is 13.0 Å². The number of ether oxygens (including phenoxy) is 2. The number of esters is 1. The van der Waals surface area contributed by atoms with Crippen molar-refractivity contribution in [2.24, 2.45) is 0 Å². The van der Waals surface area contributed by atoms with Crippen molar-refractivity contribution >= 4 is 73.8 Å². The number of hydrogen-bond donors (Lipinski definition) is 1. The van der Waals surface area contributed by atoms with E-state index in [0.29, 0.717) is 23.8 Å². The largest absolute Gasteiger partial charge is 0.480 e. The van der Waals surface area contributed by atoms with Crippen LogP contribution in [0, 0.1) is 25.4 Å². The standard InChI is InChI=1S/C21H17I2N3O3/c1-3-28-19(27)11-29-20-15(22)8-13(9-16(20)23)7-14(10-24)21-25-17-5-4-12(2)6-18(17)26-21/h4-9H,3,11H2,1-2H3,(H,25,26)/b14-7-. The molecule has 0 atom stereocenters. The first-order chi connectivity index (χ1) is 13.9. The Morgan fingerprint density at radius 3 is 2.66 bits per heavy atom. The van der Waals surface area contributed by atoms with Gasteiger partial charge in [-0.2, -0.15) is 5.26 Å². The topological polar surface area (TPSA) is 88.0 Å². The van der Waals surface area contributed by atoms with E-state index in [2.05, 4.69) is 61.2 Å². The van der Waals surface area contributed by atoms with Crippen LogP contribution in [0.5, 0.6) is 5.75 Å². The molecule has 29 heavy (non-hydrogen) atoms. The maximum atomic E-state index is 11.5. The van der Waals surface area contributed by atoms with E-state index < -0.39 is 5.97 Å². The number of nitriles is 1. The van der Waals surface area contributed by atoms with Crippen molar-refractivity contribution in [1.29, 1.82) is 5.26 Å². The molecule has 0 amide bonds. The molecular weight excluding hydrogens is 596 g/mol. The van der Waals surface area contributed by atoms with Gasteiger partial charge in [-0.25, -0.2) is 9.78 Å². The molecule has 148 valence electrons. The molecule has 1 aromatic heterocycles. The minimum Gasteiger partial charge on any atom is -0.480 e. The number of aromatic nitrogens is 2. The molecule has 1 heterocycles. The summed E-state index contributed by atoms with van der Waals surface area (Å²) in [6, 6.07) is 11.9. The second kappa shape index (κ2) is 9.58. The Morgan fingerprint density at radius 1 is 1.28 bits per heavy atom. The number of benzene rings is 2. The highest BCUT2D eigenvalue weighted by atomic mass is 127. The molecule has 0 unspecified atom stereocenters. The van der Waals surface area contributed by atoms with E-state index in [4.69, 9.17) is 9.47 Å². The van der Waals surface area contributed by atoms with Crippen LogP contribution in [-0.4, -0.2) is 29.2 Å². The lowest BCUT2D eigenvalue weighted by Gasteiger charge is -2.11. The lowest BCUT2D eigenvalue weighted by atomic mass is 10.1. The predicted octanol–water partition coefficient (Wildman–Crippen LogP) is 5.09. The Kier molecular flexibility index (Phi) is 7.13. The molecule has 1 N–H and O–H groups in total. The second-order valence-corrected chi connectivity index (χ2v) is 8.51. The van der Waals surface area contributed by atoms with Gasteiger partial charge in [-0.3, -0.25) is 0 Å². The number of rotatable bonds is 6. The molecule has 8 heteroatoms. The first-order valence-electron chi connectivity index (χ1n) is 8.77. The minimum atomic E-state index is -0.407. The van der Waals surface area contributed by atoms with Crippen LogP contribution in [-0.2, 0) is 9.53 Å². The molecule has 3 rings (SSSR count). The minimum absolute atomic E-state index is 0.142. The van der Waals surface area contributed by atoms with Crippen molar-refractivity contribution in [3.05, 3.63) is 54.4 Å². The number of nitrogens with one attached hydrogen (secondary N) is 1.